The van der Waals surface area contributed by atoms with Crippen molar-refractivity contribution in [3.63, 3.8) is 0 Å². The van der Waals surface area contributed by atoms with Gasteiger partial charge in [-0.25, -0.2) is 4.42 Å². The van der Waals surface area contributed by atoms with Crippen molar-refractivity contribution in [1.29, 1.82) is 0 Å². The van der Waals surface area contributed by atoms with Crippen molar-refractivity contribution in [3.05, 3.63) is 156 Å². The van der Waals surface area contributed by atoms with Crippen LogP contribution in [0.3, 0.4) is 0 Å². The topological polar surface area (TPSA) is 110 Å². The van der Waals surface area contributed by atoms with Gasteiger partial charge < -0.3 is 33.2 Å². The molecule has 0 saturated heterocycles. The fourth-order valence-electron chi connectivity index (χ4n) is 7.08. The zero-order valence-electron chi connectivity index (χ0n) is 33.6. The molecule has 10 nitrogen and oxygen atoms in total. The number of aryl methyl sites for hydroxylation is 2. The molecule has 0 saturated carbocycles. The minimum atomic E-state index is -0.475. The number of allylic oxidation sites excluding steroid dienone is 2. The van der Waals surface area contributed by atoms with Crippen LogP contribution >= 0.6 is 0 Å². The first-order valence-electron chi connectivity index (χ1n) is 18.5. The lowest BCUT2D eigenvalue weighted by Crippen LogP contribution is -2.64. The quantitative estimate of drug-likeness (QED) is 0.116. The van der Waals surface area contributed by atoms with Gasteiger partial charge in [-0.2, -0.15) is 0 Å². The van der Waals surface area contributed by atoms with Crippen LogP contribution in [0.2, 0.25) is 0 Å². The highest BCUT2D eigenvalue weighted by Crippen LogP contribution is 2.44. The molecule has 0 N–H and O–H groups in total. The van der Waals surface area contributed by atoms with Crippen LogP contribution < -0.4 is 49.7 Å². The molecule has 1 atom stereocenters. The third-order valence-corrected chi connectivity index (χ3v) is 10.1. The lowest BCUT2D eigenvalue weighted by atomic mass is 9.95. The summed E-state index contributed by atoms with van der Waals surface area (Å²) in [4.78, 5) is 27.8. The highest BCUT2D eigenvalue weighted by atomic mass is 16.5. The molecule has 0 spiro atoms. The van der Waals surface area contributed by atoms with Crippen molar-refractivity contribution in [1.82, 2.24) is 0 Å². The summed E-state index contributed by atoms with van der Waals surface area (Å²) in [6.07, 6.45) is 7.04. The fourth-order valence-corrected chi connectivity index (χ4v) is 7.08. The van der Waals surface area contributed by atoms with Gasteiger partial charge in [0.1, 0.15) is 11.5 Å². The molecule has 294 valence electrons. The van der Waals surface area contributed by atoms with Crippen LogP contribution in [0.15, 0.2) is 111 Å². The minimum Gasteiger partial charge on any atom is -0.493 e. The van der Waals surface area contributed by atoms with Crippen LogP contribution in [-0.2, 0) is 4.74 Å². The maximum Gasteiger partial charge on any atom is 0.361 e. The van der Waals surface area contributed by atoms with Gasteiger partial charge in [-0.3, -0.25) is 9.59 Å². The molecule has 0 fully saturated rings. The van der Waals surface area contributed by atoms with Gasteiger partial charge in [0.2, 0.25) is 22.4 Å². The molecular weight excluding hydrogens is 737 g/mol. The first-order valence-corrected chi connectivity index (χ1v) is 18.5. The molecule has 1 aliphatic rings. The maximum atomic E-state index is 13.9. The average molecular weight is 780 g/mol. The van der Waals surface area contributed by atoms with E-state index < -0.39 is 5.92 Å². The van der Waals surface area contributed by atoms with E-state index in [1.54, 1.807) is 70.9 Å². The van der Waals surface area contributed by atoms with Gasteiger partial charge >= 0.3 is 11.5 Å². The van der Waals surface area contributed by atoms with Crippen LogP contribution in [-0.4, -0.2) is 42.7 Å². The molecule has 0 amide bonds. The molecule has 0 radical (unpaired) electrons. The minimum absolute atomic E-state index is 0.0630. The molecule has 2 heterocycles. The summed E-state index contributed by atoms with van der Waals surface area (Å²) in [6.45, 7) is 3.98. The molecule has 7 rings (SSSR count). The summed E-state index contributed by atoms with van der Waals surface area (Å²) >= 11 is 0. The number of ether oxygens (including phenoxy) is 7. The van der Waals surface area contributed by atoms with Crippen LogP contribution in [0.1, 0.15) is 27.8 Å². The molecule has 5 aromatic carbocycles. The number of hydrogen-bond donors (Lipinski definition) is 0. The van der Waals surface area contributed by atoms with Crippen molar-refractivity contribution in [2.24, 2.45) is 5.92 Å². The number of hydrogen-bond acceptors (Lipinski definition) is 9. The Morgan fingerprint density at radius 1 is 0.552 bits per heavy atom. The second kappa shape index (κ2) is 16.6. The molecule has 0 bridgehead atoms. The zero-order chi connectivity index (χ0) is 41.1. The first-order chi connectivity index (χ1) is 28.1. The summed E-state index contributed by atoms with van der Waals surface area (Å²) in [5.74, 6) is 4.29. The Hall–Kier alpha value is -7.07. The van der Waals surface area contributed by atoms with E-state index in [2.05, 4.69) is 0 Å². The Labute approximate surface area is 335 Å². The van der Waals surface area contributed by atoms with E-state index in [9.17, 15) is 9.59 Å². The van der Waals surface area contributed by atoms with E-state index in [-0.39, 0.29) is 21.3 Å². The largest absolute Gasteiger partial charge is 0.493 e. The molecule has 10 heteroatoms. The van der Waals surface area contributed by atoms with Gasteiger partial charge in [-0.05, 0) is 67.0 Å². The Morgan fingerprint density at radius 2 is 1.03 bits per heavy atom. The zero-order valence-corrected chi connectivity index (χ0v) is 33.6. The van der Waals surface area contributed by atoms with Crippen molar-refractivity contribution >= 4 is 23.7 Å². The molecule has 1 aromatic heterocycles. The summed E-state index contributed by atoms with van der Waals surface area (Å²) < 4.78 is 46.5. The third kappa shape index (κ3) is 7.44. The van der Waals surface area contributed by atoms with E-state index in [4.69, 9.17) is 37.6 Å². The molecule has 0 aliphatic carbocycles. The fraction of sp³-hybridized carbons (Fsp3) is 0.188. The van der Waals surface area contributed by atoms with Crippen molar-refractivity contribution in [2.75, 3.05) is 42.7 Å². The maximum absolute atomic E-state index is 13.9. The van der Waals surface area contributed by atoms with Crippen molar-refractivity contribution in [3.8, 4) is 57.1 Å². The highest BCUT2D eigenvalue weighted by Gasteiger charge is 2.26. The van der Waals surface area contributed by atoms with Gasteiger partial charge in [-0.1, -0.05) is 48.5 Å². The molecule has 58 heavy (non-hydrogen) atoms. The Morgan fingerprint density at radius 3 is 1.55 bits per heavy atom. The summed E-state index contributed by atoms with van der Waals surface area (Å²) in [5, 5.41) is 0.150. The van der Waals surface area contributed by atoms with Gasteiger partial charge in [0, 0.05) is 29.2 Å². The SMILES string of the molecule is COc1cc(C2=CC(C=c3c(=O)c(=Cc4cc(-c5cc(OC)c(OC)c(OC)c5)[o+]c(-c5ccccc5C)c4)c3=O)C=C(c3ccccc3C)O2)cc(OC)c1OC. The molecular formula is C48H43O10+. The first kappa shape index (κ1) is 39.2. The normalized spacial score (nSPS) is 13.5. The van der Waals surface area contributed by atoms with E-state index in [1.807, 2.05) is 80.6 Å². The monoisotopic (exact) mass is 779 g/mol. The van der Waals surface area contributed by atoms with Crippen molar-refractivity contribution in [2.45, 2.75) is 13.8 Å². The summed E-state index contributed by atoms with van der Waals surface area (Å²) in [7, 11) is 9.25. The average Bonchev–Trinajstić information content (AvgIpc) is 3.26. The van der Waals surface area contributed by atoms with Crippen LogP contribution in [0.25, 0.3) is 46.3 Å². The van der Waals surface area contributed by atoms with Gasteiger partial charge in [0.25, 0.3) is 0 Å². The third-order valence-electron chi connectivity index (χ3n) is 10.1. The number of benzene rings is 4. The Balaban J connectivity index is 1.36. The Kier molecular flexibility index (Phi) is 11.2. The predicted octanol–water partition coefficient (Wildman–Crippen LogP) is 7.50. The van der Waals surface area contributed by atoms with E-state index in [1.165, 1.54) is 14.2 Å². The lowest BCUT2D eigenvalue weighted by molar-refractivity contribution is 0.324. The van der Waals surface area contributed by atoms with Gasteiger partial charge in [0.05, 0.1) is 76.4 Å². The molecule has 6 aromatic rings. The summed E-state index contributed by atoms with van der Waals surface area (Å²) in [5.41, 5.74) is 4.88. The van der Waals surface area contributed by atoms with E-state index >= 15 is 0 Å². The van der Waals surface area contributed by atoms with Crippen LogP contribution in [0.4, 0.5) is 0 Å². The smallest absolute Gasteiger partial charge is 0.361 e. The lowest BCUT2D eigenvalue weighted by Gasteiger charge is -2.23. The molecule has 1 unspecified atom stereocenters. The standard InChI is InChI=1S/C48H43O10/c1-27-13-9-11-15-33(27)39-21-29(19-37(57-39)31-23-41(51-3)47(55-7)42(24-31)52-4)17-35-45(49)36(46(35)50)18-30-20-38(58-40(22-30)34-16-12-10-14-28(34)2)32-25-43(53-5)48(56-8)44(26-32)54-6/h9-26,29H,1-8H3/q+1. The van der Waals surface area contributed by atoms with E-state index in [0.29, 0.717) is 74.2 Å². The second-order valence-corrected chi connectivity index (χ2v) is 13.6. The Bertz CT molecular complexity index is 2720. The molecule has 1 aliphatic heterocycles. The summed E-state index contributed by atoms with van der Waals surface area (Å²) in [6, 6.07) is 26.4. The van der Waals surface area contributed by atoms with Gasteiger partial charge in [0.15, 0.2) is 23.0 Å². The van der Waals surface area contributed by atoms with Crippen LogP contribution in [0, 0.1) is 19.8 Å². The van der Waals surface area contributed by atoms with Crippen molar-refractivity contribution < 1.29 is 37.6 Å². The number of methoxy groups -OCH3 is 6. The second-order valence-electron chi connectivity index (χ2n) is 13.6. The highest BCUT2D eigenvalue weighted by molar-refractivity contribution is 5.78. The predicted molar refractivity (Wildman–Crippen MR) is 225 cm³/mol. The van der Waals surface area contributed by atoms with Crippen LogP contribution in [0.5, 0.6) is 34.5 Å². The van der Waals surface area contributed by atoms with Gasteiger partial charge in [-0.15, -0.1) is 0 Å². The number of rotatable bonds is 12. The van der Waals surface area contributed by atoms with E-state index in [0.717, 1.165) is 22.3 Å².